The molecule has 0 bridgehead atoms. The number of imidazole rings is 1. The summed E-state index contributed by atoms with van der Waals surface area (Å²) in [6.45, 7) is 0.168. The highest BCUT2D eigenvalue weighted by Crippen LogP contribution is 2.17. The molecule has 1 aliphatic rings. The maximum absolute atomic E-state index is 13.2. The maximum atomic E-state index is 13.2. The molecule has 0 spiro atoms. The molecule has 25 heavy (non-hydrogen) atoms. The monoisotopic (exact) mass is 354 g/mol. The number of hydrogen-bond acceptors (Lipinski definition) is 4. The number of carbonyl (C=O) groups is 2. The van der Waals surface area contributed by atoms with E-state index in [2.05, 4.69) is 20.6 Å². The molecule has 0 unspecified atom stereocenters. The molecular formula is C15H16F2N4O4. The Balaban J connectivity index is 1.53. The van der Waals surface area contributed by atoms with Crippen molar-refractivity contribution < 1.29 is 28.2 Å². The first-order chi connectivity index (χ1) is 11.9. The molecule has 0 radical (unpaired) electrons. The van der Waals surface area contributed by atoms with Crippen molar-refractivity contribution in [3.05, 3.63) is 29.6 Å². The highest BCUT2D eigenvalue weighted by molar-refractivity contribution is 5.81. The largest absolute Gasteiger partial charge is 0.465 e. The van der Waals surface area contributed by atoms with Crippen LogP contribution in [0, 0.1) is 11.6 Å². The van der Waals surface area contributed by atoms with Crippen LogP contribution in [-0.2, 0) is 16.1 Å². The molecule has 8 nitrogen and oxygen atoms in total. The Labute approximate surface area is 140 Å². The number of aromatic amines is 1. The van der Waals surface area contributed by atoms with E-state index in [4.69, 9.17) is 9.84 Å². The summed E-state index contributed by atoms with van der Waals surface area (Å²) in [5.41, 5.74) is 0.597. The fourth-order valence-corrected chi connectivity index (χ4v) is 2.67. The molecule has 2 amide bonds. The SMILES string of the molecule is O=C(O)N[C@@H]1CC[C@@H](C(=O)NCc2nc3cc(F)c(F)cc3[nH]2)OC1. The van der Waals surface area contributed by atoms with Gasteiger partial charge in [0.25, 0.3) is 0 Å². The minimum absolute atomic E-state index is 0.0490. The summed E-state index contributed by atoms with van der Waals surface area (Å²) in [7, 11) is 0. The van der Waals surface area contributed by atoms with Crippen molar-refractivity contribution >= 4 is 23.0 Å². The van der Waals surface area contributed by atoms with E-state index in [1.165, 1.54) is 0 Å². The van der Waals surface area contributed by atoms with E-state index < -0.39 is 23.8 Å². The quantitative estimate of drug-likeness (QED) is 0.660. The van der Waals surface area contributed by atoms with Gasteiger partial charge in [-0.1, -0.05) is 0 Å². The summed E-state index contributed by atoms with van der Waals surface area (Å²) < 4.78 is 31.7. The molecule has 2 aromatic rings. The number of aromatic nitrogens is 2. The summed E-state index contributed by atoms with van der Waals surface area (Å²) in [6, 6.07) is 1.65. The van der Waals surface area contributed by atoms with Gasteiger partial charge in [0, 0.05) is 12.1 Å². The Morgan fingerprint density at radius 1 is 1.32 bits per heavy atom. The van der Waals surface area contributed by atoms with Crippen LogP contribution in [0.3, 0.4) is 0 Å². The van der Waals surface area contributed by atoms with E-state index in [9.17, 15) is 18.4 Å². The predicted molar refractivity (Wildman–Crippen MR) is 81.8 cm³/mol. The lowest BCUT2D eigenvalue weighted by Gasteiger charge is -2.27. The van der Waals surface area contributed by atoms with Gasteiger partial charge in [-0.2, -0.15) is 0 Å². The number of carboxylic acid groups (broad SMARTS) is 1. The Kier molecular flexibility index (Phi) is 4.79. The molecule has 0 saturated carbocycles. The van der Waals surface area contributed by atoms with Crippen molar-refractivity contribution in [2.45, 2.75) is 31.5 Å². The maximum Gasteiger partial charge on any atom is 0.404 e. The smallest absolute Gasteiger partial charge is 0.404 e. The number of rotatable bonds is 4. The molecule has 3 rings (SSSR count). The van der Waals surface area contributed by atoms with E-state index in [1.807, 2.05) is 0 Å². The highest BCUT2D eigenvalue weighted by Gasteiger charge is 2.27. The summed E-state index contributed by atoms with van der Waals surface area (Å²) >= 11 is 0. The lowest BCUT2D eigenvalue weighted by Crippen LogP contribution is -2.46. The van der Waals surface area contributed by atoms with Crippen LogP contribution in [0.25, 0.3) is 11.0 Å². The van der Waals surface area contributed by atoms with Crippen LogP contribution in [0.4, 0.5) is 13.6 Å². The first-order valence-corrected chi connectivity index (χ1v) is 7.65. The number of fused-ring (bicyclic) bond motifs is 1. The number of nitrogens with one attached hydrogen (secondary N) is 3. The zero-order valence-electron chi connectivity index (χ0n) is 13.0. The zero-order valence-corrected chi connectivity index (χ0v) is 13.0. The van der Waals surface area contributed by atoms with Crippen LogP contribution in [0.1, 0.15) is 18.7 Å². The number of halogens is 2. The third kappa shape index (κ3) is 4.02. The average molecular weight is 354 g/mol. The Morgan fingerprint density at radius 2 is 2.08 bits per heavy atom. The first-order valence-electron chi connectivity index (χ1n) is 7.65. The molecular weight excluding hydrogens is 338 g/mol. The second-order valence-corrected chi connectivity index (χ2v) is 5.73. The highest BCUT2D eigenvalue weighted by atomic mass is 19.2. The molecule has 2 atom stereocenters. The van der Waals surface area contributed by atoms with Crippen LogP contribution in [0.2, 0.25) is 0 Å². The zero-order chi connectivity index (χ0) is 18.0. The third-order valence-corrected chi connectivity index (χ3v) is 3.90. The van der Waals surface area contributed by atoms with Crippen molar-refractivity contribution in [3.8, 4) is 0 Å². The van der Waals surface area contributed by atoms with Gasteiger partial charge in [0.15, 0.2) is 11.6 Å². The number of benzene rings is 1. The molecule has 4 N–H and O–H groups in total. The van der Waals surface area contributed by atoms with Gasteiger partial charge in [-0.05, 0) is 12.8 Å². The van der Waals surface area contributed by atoms with Crippen LogP contribution < -0.4 is 10.6 Å². The lowest BCUT2D eigenvalue weighted by molar-refractivity contribution is -0.136. The Bertz CT molecular complexity index is 763. The number of nitrogens with zero attached hydrogens (tertiary/aromatic N) is 1. The summed E-state index contributed by atoms with van der Waals surface area (Å²) in [5.74, 6) is -1.97. The fourth-order valence-electron chi connectivity index (χ4n) is 2.67. The van der Waals surface area contributed by atoms with Gasteiger partial charge in [-0.3, -0.25) is 4.79 Å². The third-order valence-electron chi connectivity index (χ3n) is 3.90. The van der Waals surface area contributed by atoms with Crippen molar-refractivity contribution in [2.75, 3.05) is 6.61 Å². The van der Waals surface area contributed by atoms with Gasteiger partial charge < -0.3 is 25.5 Å². The Hall–Kier alpha value is -2.75. The Morgan fingerprint density at radius 3 is 2.76 bits per heavy atom. The number of amides is 2. The van der Waals surface area contributed by atoms with Gasteiger partial charge in [-0.15, -0.1) is 0 Å². The van der Waals surface area contributed by atoms with E-state index in [0.717, 1.165) is 12.1 Å². The number of ether oxygens (including phenoxy) is 1. The minimum Gasteiger partial charge on any atom is -0.465 e. The topological polar surface area (TPSA) is 116 Å². The molecule has 1 aromatic heterocycles. The van der Waals surface area contributed by atoms with Crippen molar-refractivity contribution in [1.29, 1.82) is 0 Å². The van der Waals surface area contributed by atoms with E-state index >= 15 is 0 Å². The summed E-state index contributed by atoms with van der Waals surface area (Å²) in [4.78, 5) is 29.5. The molecule has 1 aliphatic heterocycles. The molecule has 134 valence electrons. The molecule has 1 saturated heterocycles. The molecule has 2 heterocycles. The number of hydrogen-bond donors (Lipinski definition) is 4. The molecule has 10 heteroatoms. The fraction of sp³-hybridized carbons (Fsp3) is 0.400. The summed E-state index contributed by atoms with van der Waals surface area (Å²) in [5, 5.41) is 13.6. The molecule has 1 fully saturated rings. The molecule has 0 aliphatic carbocycles. The standard InChI is InChI=1S/C15H16F2N4O4/c16-8-3-10-11(4-9(8)17)21-13(20-10)5-18-14(22)12-2-1-7(6-25-12)19-15(23)24/h3-4,7,12,19H,1-2,5-6H2,(H,18,22)(H,20,21)(H,23,24)/t7-,12+/m1/s1. The first kappa shape index (κ1) is 17.1. The van der Waals surface area contributed by atoms with E-state index in [-0.39, 0.29) is 30.6 Å². The normalized spacial score (nSPS) is 20.4. The van der Waals surface area contributed by atoms with Gasteiger partial charge in [-0.25, -0.2) is 18.6 Å². The molecule has 1 aromatic carbocycles. The van der Waals surface area contributed by atoms with E-state index in [1.54, 1.807) is 0 Å². The summed E-state index contributed by atoms with van der Waals surface area (Å²) in [6.07, 6.45) is -0.929. The minimum atomic E-state index is -1.13. The van der Waals surface area contributed by atoms with Gasteiger partial charge in [0.1, 0.15) is 11.9 Å². The van der Waals surface area contributed by atoms with Crippen molar-refractivity contribution in [2.24, 2.45) is 0 Å². The van der Waals surface area contributed by atoms with Crippen molar-refractivity contribution in [3.63, 3.8) is 0 Å². The van der Waals surface area contributed by atoms with Crippen LogP contribution in [0.5, 0.6) is 0 Å². The van der Waals surface area contributed by atoms with Crippen molar-refractivity contribution in [1.82, 2.24) is 20.6 Å². The van der Waals surface area contributed by atoms with Crippen LogP contribution >= 0.6 is 0 Å². The second kappa shape index (κ2) is 7.01. The van der Waals surface area contributed by atoms with Crippen LogP contribution in [0.15, 0.2) is 12.1 Å². The van der Waals surface area contributed by atoms with Gasteiger partial charge >= 0.3 is 6.09 Å². The van der Waals surface area contributed by atoms with E-state index in [0.29, 0.717) is 24.2 Å². The van der Waals surface area contributed by atoms with Gasteiger partial charge in [0.05, 0.1) is 30.2 Å². The lowest BCUT2D eigenvalue weighted by atomic mass is 10.0. The van der Waals surface area contributed by atoms with Crippen LogP contribution in [-0.4, -0.2) is 45.8 Å². The van der Waals surface area contributed by atoms with Gasteiger partial charge in [0.2, 0.25) is 5.91 Å². The predicted octanol–water partition coefficient (Wildman–Crippen LogP) is 1.27. The second-order valence-electron chi connectivity index (χ2n) is 5.73. The number of H-pyrrole nitrogens is 1. The average Bonchev–Trinajstić information content (AvgIpc) is 2.95. The number of carbonyl (C=O) groups excluding carboxylic acids is 1.